The molecule has 0 amide bonds. The summed E-state index contributed by atoms with van der Waals surface area (Å²) >= 11 is 5.76. The Morgan fingerprint density at radius 1 is 1.28 bits per heavy atom. The molecule has 18 heavy (non-hydrogen) atoms. The molecule has 0 saturated heterocycles. The highest BCUT2D eigenvalue weighted by Crippen LogP contribution is 2.24. The highest BCUT2D eigenvalue weighted by molar-refractivity contribution is 7.92. The summed E-state index contributed by atoms with van der Waals surface area (Å²) in [5.74, 6) is 0. The summed E-state index contributed by atoms with van der Waals surface area (Å²) in [5, 5.41) is 0.374. The first kappa shape index (κ1) is 12.7. The summed E-state index contributed by atoms with van der Waals surface area (Å²) in [4.78, 5) is 3.84. The maximum atomic E-state index is 12.0. The Kier molecular flexibility index (Phi) is 3.40. The van der Waals surface area contributed by atoms with Crippen LogP contribution in [0.2, 0.25) is 5.02 Å². The predicted octanol–water partition coefficient (Wildman–Crippen LogP) is 2.12. The van der Waals surface area contributed by atoms with E-state index in [1.54, 1.807) is 6.07 Å². The Bertz CT molecular complexity index is 659. The average molecular weight is 284 g/mol. The van der Waals surface area contributed by atoms with Crippen molar-refractivity contribution in [3.05, 3.63) is 47.7 Å². The number of rotatable bonds is 3. The second-order valence-electron chi connectivity index (χ2n) is 3.53. The van der Waals surface area contributed by atoms with Crippen LogP contribution < -0.4 is 10.5 Å². The van der Waals surface area contributed by atoms with Gasteiger partial charge in [0.1, 0.15) is 4.90 Å². The Balaban J connectivity index is 2.31. The number of halogens is 1. The van der Waals surface area contributed by atoms with Crippen LogP contribution in [0.25, 0.3) is 0 Å². The Morgan fingerprint density at radius 3 is 2.67 bits per heavy atom. The summed E-state index contributed by atoms with van der Waals surface area (Å²) in [6.07, 6.45) is 2.76. The molecule has 1 aromatic carbocycles. The minimum absolute atomic E-state index is 0.0820. The van der Waals surface area contributed by atoms with Crippen molar-refractivity contribution in [3.63, 3.8) is 0 Å². The van der Waals surface area contributed by atoms with Crippen molar-refractivity contribution < 1.29 is 8.42 Å². The fraction of sp³-hybridized carbons (Fsp3) is 0. The standard InChI is InChI=1S/C11H10ClN3O2S/c12-10-4-3-8(6-11(10)13)15-18(16,17)9-2-1-5-14-7-9/h1-7,15H,13H2. The van der Waals surface area contributed by atoms with E-state index in [1.165, 1.54) is 36.7 Å². The fourth-order valence-electron chi connectivity index (χ4n) is 1.33. The van der Waals surface area contributed by atoms with E-state index in [4.69, 9.17) is 17.3 Å². The van der Waals surface area contributed by atoms with E-state index in [2.05, 4.69) is 9.71 Å². The lowest BCUT2D eigenvalue weighted by Crippen LogP contribution is -2.13. The van der Waals surface area contributed by atoms with Crippen molar-refractivity contribution in [2.75, 3.05) is 10.5 Å². The molecule has 0 bridgehead atoms. The first-order valence-electron chi connectivity index (χ1n) is 4.97. The van der Waals surface area contributed by atoms with Crippen LogP contribution in [0.4, 0.5) is 11.4 Å². The molecule has 5 nitrogen and oxygen atoms in total. The zero-order chi connectivity index (χ0) is 13.2. The van der Waals surface area contributed by atoms with Crippen molar-refractivity contribution >= 4 is 33.0 Å². The van der Waals surface area contributed by atoms with Gasteiger partial charge < -0.3 is 5.73 Å². The lowest BCUT2D eigenvalue weighted by Gasteiger charge is -2.08. The number of pyridine rings is 1. The molecular weight excluding hydrogens is 274 g/mol. The summed E-state index contributed by atoms with van der Waals surface area (Å²) in [5.41, 5.74) is 6.26. The van der Waals surface area contributed by atoms with Gasteiger partial charge in [-0.15, -0.1) is 0 Å². The fourth-order valence-corrected chi connectivity index (χ4v) is 2.46. The average Bonchev–Trinajstić information content (AvgIpc) is 2.35. The van der Waals surface area contributed by atoms with E-state index in [0.29, 0.717) is 16.4 Å². The third kappa shape index (κ3) is 2.72. The second kappa shape index (κ2) is 4.83. The molecule has 0 aliphatic heterocycles. The van der Waals surface area contributed by atoms with Crippen LogP contribution in [0.3, 0.4) is 0 Å². The van der Waals surface area contributed by atoms with Crippen molar-refractivity contribution in [1.29, 1.82) is 0 Å². The highest BCUT2D eigenvalue weighted by atomic mass is 35.5. The second-order valence-corrected chi connectivity index (χ2v) is 5.62. The lowest BCUT2D eigenvalue weighted by molar-refractivity contribution is 0.601. The number of hydrogen-bond acceptors (Lipinski definition) is 4. The molecule has 0 aliphatic rings. The predicted molar refractivity (Wildman–Crippen MR) is 70.9 cm³/mol. The van der Waals surface area contributed by atoms with Gasteiger partial charge in [0.25, 0.3) is 10.0 Å². The lowest BCUT2D eigenvalue weighted by atomic mass is 10.3. The summed E-state index contributed by atoms with van der Waals surface area (Å²) in [6, 6.07) is 7.51. The van der Waals surface area contributed by atoms with Gasteiger partial charge in [0, 0.05) is 12.4 Å². The van der Waals surface area contributed by atoms with Gasteiger partial charge in [0.05, 0.1) is 16.4 Å². The van der Waals surface area contributed by atoms with Gasteiger partial charge >= 0.3 is 0 Å². The van der Waals surface area contributed by atoms with Gasteiger partial charge in [-0.05, 0) is 30.3 Å². The maximum absolute atomic E-state index is 12.0. The monoisotopic (exact) mass is 283 g/mol. The molecule has 0 radical (unpaired) electrons. The van der Waals surface area contributed by atoms with Gasteiger partial charge in [0.2, 0.25) is 0 Å². The summed E-state index contributed by atoms with van der Waals surface area (Å²) in [7, 11) is -3.65. The first-order valence-corrected chi connectivity index (χ1v) is 6.83. The molecular formula is C11H10ClN3O2S. The number of anilines is 2. The molecule has 3 N–H and O–H groups in total. The normalized spacial score (nSPS) is 11.2. The Morgan fingerprint density at radius 2 is 2.06 bits per heavy atom. The summed E-state index contributed by atoms with van der Waals surface area (Å²) in [6.45, 7) is 0. The minimum Gasteiger partial charge on any atom is -0.397 e. The van der Waals surface area contributed by atoms with Gasteiger partial charge in [-0.25, -0.2) is 8.42 Å². The zero-order valence-electron chi connectivity index (χ0n) is 9.17. The molecule has 1 heterocycles. The largest absolute Gasteiger partial charge is 0.397 e. The first-order chi connectivity index (χ1) is 8.49. The number of hydrogen-bond donors (Lipinski definition) is 2. The number of sulfonamides is 1. The van der Waals surface area contributed by atoms with Gasteiger partial charge in [-0.3, -0.25) is 9.71 Å². The quantitative estimate of drug-likeness (QED) is 0.845. The van der Waals surface area contributed by atoms with Crippen LogP contribution >= 0.6 is 11.6 Å². The molecule has 0 fully saturated rings. The van der Waals surface area contributed by atoms with Gasteiger partial charge in [-0.2, -0.15) is 0 Å². The molecule has 2 aromatic rings. The van der Waals surface area contributed by atoms with Gasteiger partial charge in [-0.1, -0.05) is 11.6 Å². The highest BCUT2D eigenvalue weighted by Gasteiger charge is 2.14. The van der Waals surface area contributed by atoms with E-state index in [-0.39, 0.29) is 4.90 Å². The third-order valence-electron chi connectivity index (χ3n) is 2.19. The minimum atomic E-state index is -3.65. The smallest absolute Gasteiger partial charge is 0.263 e. The van der Waals surface area contributed by atoms with E-state index < -0.39 is 10.0 Å². The van der Waals surface area contributed by atoms with Crippen LogP contribution in [0.1, 0.15) is 0 Å². The SMILES string of the molecule is Nc1cc(NS(=O)(=O)c2cccnc2)ccc1Cl. The van der Waals surface area contributed by atoms with Crippen LogP contribution in [0.5, 0.6) is 0 Å². The zero-order valence-corrected chi connectivity index (χ0v) is 10.7. The molecule has 0 saturated carbocycles. The molecule has 1 aromatic heterocycles. The van der Waals surface area contributed by atoms with Crippen molar-refractivity contribution in [2.24, 2.45) is 0 Å². The molecule has 0 aliphatic carbocycles. The number of aromatic nitrogens is 1. The van der Waals surface area contributed by atoms with Crippen molar-refractivity contribution in [3.8, 4) is 0 Å². The number of nitrogens with two attached hydrogens (primary N) is 1. The van der Waals surface area contributed by atoms with E-state index in [1.807, 2.05) is 0 Å². The van der Waals surface area contributed by atoms with E-state index in [9.17, 15) is 8.42 Å². The molecule has 0 unspecified atom stereocenters. The van der Waals surface area contributed by atoms with Crippen LogP contribution in [0, 0.1) is 0 Å². The van der Waals surface area contributed by atoms with Crippen molar-refractivity contribution in [2.45, 2.75) is 4.90 Å². The molecule has 7 heteroatoms. The molecule has 94 valence electrons. The molecule has 0 atom stereocenters. The maximum Gasteiger partial charge on any atom is 0.263 e. The van der Waals surface area contributed by atoms with Crippen molar-refractivity contribution in [1.82, 2.24) is 4.98 Å². The van der Waals surface area contributed by atoms with Crippen LogP contribution in [-0.4, -0.2) is 13.4 Å². The number of nitrogens with zero attached hydrogens (tertiary/aromatic N) is 1. The Labute approximate surface area is 110 Å². The Hall–Kier alpha value is -1.79. The van der Waals surface area contributed by atoms with E-state index in [0.717, 1.165) is 0 Å². The van der Waals surface area contributed by atoms with E-state index >= 15 is 0 Å². The number of nitrogen functional groups attached to an aromatic ring is 1. The van der Waals surface area contributed by atoms with Crippen LogP contribution in [-0.2, 0) is 10.0 Å². The topological polar surface area (TPSA) is 85.1 Å². The number of benzene rings is 1. The molecule has 2 rings (SSSR count). The number of nitrogens with one attached hydrogen (secondary N) is 1. The molecule has 0 spiro atoms. The summed E-state index contributed by atoms with van der Waals surface area (Å²) < 4.78 is 26.3. The van der Waals surface area contributed by atoms with Crippen LogP contribution in [0.15, 0.2) is 47.6 Å². The third-order valence-corrected chi connectivity index (χ3v) is 3.90. The van der Waals surface area contributed by atoms with Gasteiger partial charge in [0.15, 0.2) is 0 Å².